The Labute approximate surface area is 132 Å². The molecule has 0 spiro atoms. The van der Waals surface area contributed by atoms with Crippen molar-refractivity contribution in [2.75, 3.05) is 24.5 Å². The van der Waals surface area contributed by atoms with Gasteiger partial charge in [0.15, 0.2) is 0 Å². The van der Waals surface area contributed by atoms with Crippen molar-refractivity contribution >= 4 is 33.0 Å². The van der Waals surface area contributed by atoms with Crippen LogP contribution in [0.1, 0.15) is 17.5 Å². The number of anilines is 1. The number of hydrogen-bond acceptors (Lipinski definition) is 3. The molecule has 0 atom stereocenters. The Morgan fingerprint density at radius 3 is 3.05 bits per heavy atom. The van der Waals surface area contributed by atoms with E-state index in [2.05, 4.69) is 61.9 Å². The van der Waals surface area contributed by atoms with Crippen molar-refractivity contribution in [3.8, 4) is 0 Å². The lowest BCUT2D eigenvalue weighted by Gasteiger charge is -2.19. The third-order valence-electron chi connectivity index (χ3n) is 3.72. The molecule has 1 aliphatic rings. The van der Waals surface area contributed by atoms with Crippen LogP contribution < -0.4 is 10.2 Å². The second-order valence-electron chi connectivity index (χ2n) is 5.16. The summed E-state index contributed by atoms with van der Waals surface area (Å²) in [5.74, 6) is 0. The molecule has 0 aliphatic carbocycles. The molecular weight excluding hydrogens is 332 g/mol. The predicted octanol–water partition coefficient (Wildman–Crippen LogP) is 4.05. The van der Waals surface area contributed by atoms with Crippen molar-refractivity contribution < 1.29 is 0 Å². The van der Waals surface area contributed by atoms with Crippen LogP contribution in [-0.4, -0.2) is 19.6 Å². The maximum Gasteiger partial charge on any atom is 0.0701 e. The van der Waals surface area contributed by atoms with Crippen LogP contribution in [0.15, 0.2) is 39.5 Å². The summed E-state index contributed by atoms with van der Waals surface area (Å²) < 4.78 is 1.21. The van der Waals surface area contributed by atoms with E-state index in [9.17, 15) is 0 Å². The second-order valence-corrected chi connectivity index (χ2v) is 7.45. The Morgan fingerprint density at radius 1 is 1.30 bits per heavy atom. The third-order valence-corrected chi connectivity index (χ3v) is 5.27. The van der Waals surface area contributed by atoms with E-state index in [1.807, 2.05) is 0 Å². The summed E-state index contributed by atoms with van der Waals surface area (Å²) in [7, 11) is 0. The van der Waals surface area contributed by atoms with Gasteiger partial charge in [0.1, 0.15) is 0 Å². The number of rotatable bonds is 6. The zero-order chi connectivity index (χ0) is 13.8. The van der Waals surface area contributed by atoms with E-state index < -0.39 is 0 Å². The fourth-order valence-corrected chi connectivity index (χ4v) is 3.91. The normalized spacial score (nSPS) is 13.8. The maximum absolute atomic E-state index is 3.52. The first-order chi connectivity index (χ1) is 9.83. The Hall–Kier alpha value is -0.840. The number of nitrogens with zero attached hydrogens (tertiary/aromatic N) is 1. The van der Waals surface area contributed by atoms with Gasteiger partial charge in [0.05, 0.1) is 3.79 Å². The number of halogens is 1. The first-order valence-corrected chi connectivity index (χ1v) is 8.77. The van der Waals surface area contributed by atoms with Crippen LogP contribution in [0.25, 0.3) is 0 Å². The molecule has 106 valence electrons. The average Bonchev–Trinajstić information content (AvgIpc) is 3.05. The molecule has 1 N–H and O–H groups in total. The number of hydrogen-bond donors (Lipinski definition) is 1. The van der Waals surface area contributed by atoms with E-state index in [4.69, 9.17) is 0 Å². The summed E-state index contributed by atoms with van der Waals surface area (Å²) in [4.78, 5) is 2.51. The molecular formula is C16H19BrN2S. The average molecular weight is 351 g/mol. The maximum atomic E-state index is 3.52. The van der Waals surface area contributed by atoms with Crippen LogP contribution in [0.3, 0.4) is 0 Å². The Kier molecular flexibility index (Phi) is 4.76. The lowest BCUT2D eigenvalue weighted by Crippen LogP contribution is -2.25. The number of fused-ring (bicyclic) bond motifs is 1. The fourth-order valence-electron chi connectivity index (χ4n) is 2.70. The molecule has 1 aliphatic heterocycles. The SMILES string of the molecule is Brc1cc(CNCCCN2CCc3ccccc32)cs1. The highest BCUT2D eigenvalue weighted by molar-refractivity contribution is 9.11. The highest BCUT2D eigenvalue weighted by Crippen LogP contribution is 2.27. The molecule has 0 saturated heterocycles. The molecule has 1 aromatic heterocycles. The van der Waals surface area contributed by atoms with Crippen LogP contribution in [0, 0.1) is 0 Å². The summed E-state index contributed by atoms with van der Waals surface area (Å²) in [6, 6.07) is 11.0. The lowest BCUT2D eigenvalue weighted by atomic mass is 10.2. The van der Waals surface area contributed by atoms with Gasteiger partial charge in [-0.15, -0.1) is 11.3 Å². The standard InChI is InChI=1S/C16H19BrN2S/c17-16-10-13(12-20-16)11-18-7-3-8-19-9-6-14-4-1-2-5-15(14)19/h1-2,4-5,10,12,18H,3,6-9,11H2. The molecule has 0 saturated carbocycles. The summed E-state index contributed by atoms with van der Waals surface area (Å²) in [5.41, 5.74) is 4.31. The minimum Gasteiger partial charge on any atom is -0.371 e. The van der Waals surface area contributed by atoms with Gasteiger partial charge in [-0.3, -0.25) is 0 Å². The van der Waals surface area contributed by atoms with Crippen molar-refractivity contribution in [1.29, 1.82) is 0 Å². The quantitative estimate of drug-likeness (QED) is 0.790. The van der Waals surface area contributed by atoms with E-state index in [1.54, 1.807) is 11.3 Å². The summed E-state index contributed by atoms with van der Waals surface area (Å²) in [6.45, 7) is 4.37. The van der Waals surface area contributed by atoms with Crippen LogP contribution in [-0.2, 0) is 13.0 Å². The topological polar surface area (TPSA) is 15.3 Å². The van der Waals surface area contributed by atoms with E-state index in [1.165, 1.54) is 40.0 Å². The summed E-state index contributed by atoms with van der Waals surface area (Å²) in [5, 5.41) is 5.72. The highest BCUT2D eigenvalue weighted by Gasteiger charge is 2.17. The van der Waals surface area contributed by atoms with Gasteiger partial charge in [-0.05, 0) is 64.0 Å². The van der Waals surface area contributed by atoms with Crippen LogP contribution in [0.4, 0.5) is 5.69 Å². The fraction of sp³-hybridized carbons (Fsp3) is 0.375. The highest BCUT2D eigenvalue weighted by atomic mass is 79.9. The van der Waals surface area contributed by atoms with Gasteiger partial charge in [-0.1, -0.05) is 18.2 Å². The lowest BCUT2D eigenvalue weighted by molar-refractivity contribution is 0.639. The van der Waals surface area contributed by atoms with Gasteiger partial charge in [0.25, 0.3) is 0 Å². The van der Waals surface area contributed by atoms with Crippen LogP contribution in [0.5, 0.6) is 0 Å². The minimum absolute atomic E-state index is 0.971. The molecule has 4 heteroatoms. The number of thiophene rings is 1. The first-order valence-electron chi connectivity index (χ1n) is 7.09. The second kappa shape index (κ2) is 6.74. The molecule has 0 unspecified atom stereocenters. The third kappa shape index (κ3) is 3.43. The van der Waals surface area contributed by atoms with Crippen molar-refractivity contribution in [3.63, 3.8) is 0 Å². The van der Waals surface area contributed by atoms with Gasteiger partial charge >= 0.3 is 0 Å². The first kappa shape index (κ1) is 14.1. The Balaban J connectivity index is 1.39. The van der Waals surface area contributed by atoms with Crippen molar-refractivity contribution in [2.45, 2.75) is 19.4 Å². The molecule has 20 heavy (non-hydrogen) atoms. The number of para-hydroxylation sites is 1. The van der Waals surface area contributed by atoms with Crippen molar-refractivity contribution in [2.24, 2.45) is 0 Å². The summed E-state index contributed by atoms with van der Waals surface area (Å²) in [6.07, 6.45) is 2.40. The zero-order valence-corrected chi connectivity index (χ0v) is 13.8. The molecule has 0 radical (unpaired) electrons. The minimum atomic E-state index is 0.971. The number of nitrogens with one attached hydrogen (secondary N) is 1. The van der Waals surface area contributed by atoms with E-state index in [0.29, 0.717) is 0 Å². The van der Waals surface area contributed by atoms with Gasteiger partial charge in [-0.25, -0.2) is 0 Å². The summed E-state index contributed by atoms with van der Waals surface area (Å²) >= 11 is 5.25. The van der Waals surface area contributed by atoms with Gasteiger partial charge in [-0.2, -0.15) is 0 Å². The van der Waals surface area contributed by atoms with Crippen LogP contribution >= 0.6 is 27.3 Å². The molecule has 0 fully saturated rings. The molecule has 2 heterocycles. The molecule has 1 aromatic carbocycles. The number of benzene rings is 1. The van der Waals surface area contributed by atoms with Gasteiger partial charge in [0.2, 0.25) is 0 Å². The smallest absolute Gasteiger partial charge is 0.0701 e. The zero-order valence-electron chi connectivity index (χ0n) is 11.4. The van der Waals surface area contributed by atoms with Crippen molar-refractivity contribution in [1.82, 2.24) is 5.32 Å². The molecule has 0 bridgehead atoms. The van der Waals surface area contributed by atoms with Crippen molar-refractivity contribution in [3.05, 3.63) is 50.6 Å². The van der Waals surface area contributed by atoms with E-state index >= 15 is 0 Å². The predicted molar refractivity (Wildman–Crippen MR) is 90.7 cm³/mol. The Morgan fingerprint density at radius 2 is 2.20 bits per heavy atom. The molecule has 3 rings (SSSR count). The monoisotopic (exact) mass is 350 g/mol. The van der Waals surface area contributed by atoms with E-state index in [0.717, 1.165) is 19.6 Å². The van der Waals surface area contributed by atoms with Gasteiger partial charge < -0.3 is 10.2 Å². The Bertz CT molecular complexity index is 567. The van der Waals surface area contributed by atoms with Gasteiger partial charge in [0, 0.05) is 25.3 Å². The molecule has 0 amide bonds. The molecule has 2 aromatic rings. The van der Waals surface area contributed by atoms with E-state index in [-0.39, 0.29) is 0 Å². The molecule has 2 nitrogen and oxygen atoms in total. The van der Waals surface area contributed by atoms with Crippen LogP contribution in [0.2, 0.25) is 0 Å². The largest absolute Gasteiger partial charge is 0.371 e.